The van der Waals surface area contributed by atoms with E-state index in [1.54, 1.807) is 0 Å². The van der Waals surface area contributed by atoms with Crippen LogP contribution < -0.4 is 0 Å². The first kappa shape index (κ1) is 19.2. The van der Waals surface area contributed by atoms with Crippen molar-refractivity contribution in [3.63, 3.8) is 0 Å². The molecule has 130 valence electrons. The van der Waals surface area contributed by atoms with Crippen molar-refractivity contribution in [1.29, 1.82) is 0 Å². The van der Waals surface area contributed by atoms with Gasteiger partial charge in [0.2, 0.25) is 6.10 Å². The molecule has 5 nitrogen and oxygen atoms in total. The Bertz CT molecular complexity index is 447. The van der Waals surface area contributed by atoms with E-state index in [-0.39, 0.29) is 30.5 Å². The highest BCUT2D eigenvalue weighted by atomic mass is 32.2. The third-order valence-electron chi connectivity index (χ3n) is 3.54. The van der Waals surface area contributed by atoms with E-state index >= 15 is 0 Å². The average molecular weight is 346 g/mol. The Morgan fingerprint density at radius 2 is 1.86 bits per heavy atom. The molecule has 9 heteroatoms. The molecule has 0 amide bonds. The number of hydrogen-bond donors (Lipinski definition) is 0. The third kappa shape index (κ3) is 6.95. The Kier molecular flexibility index (Phi) is 7.11. The van der Waals surface area contributed by atoms with E-state index < -0.39 is 34.7 Å². The number of alkyl halides is 3. The van der Waals surface area contributed by atoms with Crippen molar-refractivity contribution in [2.75, 3.05) is 24.7 Å². The molecular formula is C13H21F3O5S. The van der Waals surface area contributed by atoms with Gasteiger partial charge in [0.15, 0.2) is 0 Å². The molecule has 1 aliphatic rings. The number of rotatable bonds is 7. The van der Waals surface area contributed by atoms with Crippen LogP contribution in [0.1, 0.15) is 32.6 Å². The lowest BCUT2D eigenvalue weighted by atomic mass is 10.00. The number of carbonyl (C=O) groups is 1. The summed E-state index contributed by atoms with van der Waals surface area (Å²) in [6, 6.07) is 0. The molecule has 1 saturated heterocycles. The minimum atomic E-state index is -4.66. The summed E-state index contributed by atoms with van der Waals surface area (Å²) in [7, 11) is -2.94. The van der Waals surface area contributed by atoms with Crippen molar-refractivity contribution < 1.29 is 35.9 Å². The van der Waals surface area contributed by atoms with Gasteiger partial charge in [0.05, 0.1) is 18.1 Å². The smallest absolute Gasteiger partial charge is 0.427 e. The van der Waals surface area contributed by atoms with Gasteiger partial charge in [-0.3, -0.25) is 4.79 Å². The van der Waals surface area contributed by atoms with Crippen molar-refractivity contribution in [2.45, 2.75) is 44.9 Å². The van der Waals surface area contributed by atoms with E-state index in [2.05, 4.69) is 4.74 Å². The van der Waals surface area contributed by atoms with E-state index in [0.717, 1.165) is 0 Å². The first-order valence-corrected chi connectivity index (χ1v) is 9.00. The van der Waals surface area contributed by atoms with Crippen LogP contribution in [0.2, 0.25) is 0 Å². The Morgan fingerprint density at radius 1 is 1.27 bits per heavy atom. The number of esters is 1. The highest BCUT2D eigenvalue weighted by Gasteiger charge is 2.42. The van der Waals surface area contributed by atoms with E-state index in [1.807, 2.05) is 0 Å². The molecule has 0 spiro atoms. The third-order valence-corrected chi connectivity index (χ3v) is 5.26. The minimum absolute atomic E-state index is 0.0843. The van der Waals surface area contributed by atoms with Crippen LogP contribution >= 0.6 is 0 Å². The molecule has 1 atom stereocenters. The first-order valence-electron chi connectivity index (χ1n) is 7.18. The van der Waals surface area contributed by atoms with Gasteiger partial charge in [-0.1, -0.05) is 6.92 Å². The Balaban J connectivity index is 2.30. The lowest BCUT2D eigenvalue weighted by Gasteiger charge is -2.23. The Morgan fingerprint density at radius 3 is 2.36 bits per heavy atom. The predicted molar refractivity (Wildman–Crippen MR) is 73.0 cm³/mol. The SMILES string of the molecule is CCC(=O)OC(COCCC1CCS(=O)(=O)CC1)C(F)(F)F. The van der Waals surface area contributed by atoms with Crippen molar-refractivity contribution in [3.05, 3.63) is 0 Å². The Labute approximate surface area is 128 Å². The second kappa shape index (κ2) is 8.14. The summed E-state index contributed by atoms with van der Waals surface area (Å²) in [4.78, 5) is 11.0. The van der Waals surface area contributed by atoms with Crippen molar-refractivity contribution in [3.8, 4) is 0 Å². The molecule has 0 aromatic rings. The summed E-state index contributed by atoms with van der Waals surface area (Å²) < 4.78 is 69.8. The highest BCUT2D eigenvalue weighted by molar-refractivity contribution is 7.91. The highest BCUT2D eigenvalue weighted by Crippen LogP contribution is 2.25. The van der Waals surface area contributed by atoms with E-state index in [9.17, 15) is 26.4 Å². The van der Waals surface area contributed by atoms with Crippen LogP contribution in [0.15, 0.2) is 0 Å². The van der Waals surface area contributed by atoms with Gasteiger partial charge in [-0.25, -0.2) is 8.42 Å². The summed E-state index contributed by atoms with van der Waals surface area (Å²) in [5.74, 6) is -0.539. The lowest BCUT2D eigenvalue weighted by Crippen LogP contribution is -2.38. The van der Waals surface area contributed by atoms with Gasteiger partial charge in [0.25, 0.3) is 0 Å². The van der Waals surface area contributed by atoms with E-state index in [0.29, 0.717) is 19.3 Å². The summed E-state index contributed by atoms with van der Waals surface area (Å²) in [5.41, 5.74) is 0. The lowest BCUT2D eigenvalue weighted by molar-refractivity contribution is -0.232. The maximum absolute atomic E-state index is 12.7. The van der Waals surface area contributed by atoms with Crippen LogP contribution in [0, 0.1) is 5.92 Å². The maximum atomic E-state index is 12.7. The molecule has 1 aliphatic heterocycles. The number of halogens is 3. The van der Waals surface area contributed by atoms with Gasteiger partial charge >= 0.3 is 12.1 Å². The van der Waals surface area contributed by atoms with Crippen molar-refractivity contribution in [1.82, 2.24) is 0 Å². The van der Waals surface area contributed by atoms with E-state index in [4.69, 9.17) is 4.74 Å². The molecular weight excluding hydrogens is 325 g/mol. The number of ether oxygens (including phenoxy) is 2. The van der Waals surface area contributed by atoms with Crippen LogP contribution in [0.25, 0.3) is 0 Å². The van der Waals surface area contributed by atoms with Gasteiger partial charge in [0.1, 0.15) is 9.84 Å². The topological polar surface area (TPSA) is 69.7 Å². The van der Waals surface area contributed by atoms with E-state index in [1.165, 1.54) is 6.92 Å². The molecule has 1 rings (SSSR count). The monoisotopic (exact) mass is 346 g/mol. The number of carbonyl (C=O) groups excluding carboxylic acids is 1. The quantitative estimate of drug-likeness (QED) is 0.522. The molecule has 0 bridgehead atoms. The maximum Gasteiger partial charge on any atom is 0.427 e. The zero-order valence-electron chi connectivity index (χ0n) is 12.4. The molecule has 22 heavy (non-hydrogen) atoms. The van der Waals surface area contributed by atoms with Crippen LogP contribution in [-0.2, 0) is 24.1 Å². The van der Waals surface area contributed by atoms with Crippen LogP contribution in [0.5, 0.6) is 0 Å². The zero-order valence-corrected chi connectivity index (χ0v) is 13.2. The Hall–Kier alpha value is -0.830. The van der Waals surface area contributed by atoms with Gasteiger partial charge in [-0.05, 0) is 25.2 Å². The van der Waals surface area contributed by atoms with Gasteiger partial charge in [-0.15, -0.1) is 0 Å². The summed E-state index contributed by atoms with van der Waals surface area (Å²) >= 11 is 0. The molecule has 1 heterocycles. The molecule has 0 N–H and O–H groups in total. The molecule has 0 saturated carbocycles. The molecule has 0 aromatic heterocycles. The fourth-order valence-corrected chi connectivity index (χ4v) is 3.69. The van der Waals surface area contributed by atoms with Gasteiger partial charge in [-0.2, -0.15) is 13.2 Å². The van der Waals surface area contributed by atoms with Crippen LogP contribution in [0.4, 0.5) is 13.2 Å². The molecule has 0 aromatic carbocycles. The van der Waals surface area contributed by atoms with Crippen molar-refractivity contribution in [2.24, 2.45) is 5.92 Å². The minimum Gasteiger partial charge on any atom is -0.450 e. The normalized spacial score (nSPS) is 20.5. The molecule has 1 fully saturated rings. The number of sulfone groups is 1. The molecule has 0 radical (unpaired) electrons. The van der Waals surface area contributed by atoms with Crippen molar-refractivity contribution >= 4 is 15.8 Å². The number of hydrogen-bond acceptors (Lipinski definition) is 5. The fraction of sp³-hybridized carbons (Fsp3) is 0.923. The molecule has 1 unspecified atom stereocenters. The summed E-state index contributed by atoms with van der Waals surface area (Å²) in [6.07, 6.45) is -5.53. The fourth-order valence-electron chi connectivity index (χ4n) is 2.11. The van der Waals surface area contributed by atoms with Gasteiger partial charge < -0.3 is 9.47 Å². The first-order chi connectivity index (χ1) is 10.1. The second-order valence-corrected chi connectivity index (χ2v) is 7.64. The average Bonchev–Trinajstić information content (AvgIpc) is 2.42. The molecule has 0 aliphatic carbocycles. The zero-order chi connectivity index (χ0) is 16.8. The summed E-state index contributed by atoms with van der Waals surface area (Å²) in [6.45, 7) is 0.759. The predicted octanol–water partition coefficient (Wildman–Crippen LogP) is 2.10. The largest absolute Gasteiger partial charge is 0.450 e. The van der Waals surface area contributed by atoms with Gasteiger partial charge in [0, 0.05) is 13.0 Å². The summed E-state index contributed by atoms with van der Waals surface area (Å²) in [5, 5.41) is 0. The van der Waals surface area contributed by atoms with Crippen LogP contribution in [0.3, 0.4) is 0 Å². The van der Waals surface area contributed by atoms with Crippen LogP contribution in [-0.4, -0.2) is 51.4 Å². The second-order valence-electron chi connectivity index (χ2n) is 5.33. The standard InChI is InChI=1S/C13H21F3O5S/c1-2-12(17)21-11(13(14,15)16)9-20-6-3-10-4-7-22(18,19)8-5-10/h10-11H,2-9H2,1H3.